The Balaban J connectivity index is 2.39. The molecule has 19 heavy (non-hydrogen) atoms. The van der Waals surface area contributed by atoms with Crippen molar-refractivity contribution < 1.29 is 14.3 Å². The molecule has 0 radical (unpaired) electrons. The molecular weight excluding hydrogens is 240 g/mol. The van der Waals surface area contributed by atoms with Gasteiger partial charge < -0.3 is 9.47 Å². The van der Waals surface area contributed by atoms with Crippen molar-refractivity contribution in [3.8, 4) is 0 Å². The molecule has 0 aromatic heterocycles. The van der Waals surface area contributed by atoms with Crippen molar-refractivity contribution in [1.82, 2.24) is 0 Å². The van der Waals surface area contributed by atoms with Gasteiger partial charge in [-0.15, -0.1) is 0 Å². The molecule has 0 bridgehead atoms. The quantitative estimate of drug-likeness (QED) is 0.616. The Morgan fingerprint density at radius 2 is 2.21 bits per heavy atom. The third-order valence-corrected chi connectivity index (χ3v) is 3.33. The zero-order valence-electron chi connectivity index (χ0n) is 11.6. The lowest BCUT2D eigenvalue weighted by Crippen LogP contribution is -2.09. The van der Waals surface area contributed by atoms with Gasteiger partial charge in [-0.1, -0.05) is 18.2 Å². The highest BCUT2D eigenvalue weighted by Crippen LogP contribution is 2.33. The lowest BCUT2D eigenvalue weighted by atomic mass is 9.84. The standard InChI is InChI=1S/C16H20O3/c1-3-19-15(17)10-13-8-4-6-12-7-5-9-14(11-18-2)16(12)13/h5,7,9-10H,3-4,6,8,11H2,1-2H3/b13-10+. The van der Waals surface area contributed by atoms with Crippen molar-refractivity contribution in [2.45, 2.75) is 32.8 Å². The molecule has 2 rings (SSSR count). The van der Waals surface area contributed by atoms with E-state index in [-0.39, 0.29) is 5.97 Å². The smallest absolute Gasteiger partial charge is 0.331 e. The van der Waals surface area contributed by atoms with Crippen molar-refractivity contribution in [2.24, 2.45) is 0 Å². The molecule has 0 aliphatic heterocycles. The minimum Gasteiger partial charge on any atom is -0.463 e. The van der Waals surface area contributed by atoms with Gasteiger partial charge in [-0.05, 0) is 48.4 Å². The number of hydrogen-bond donors (Lipinski definition) is 0. The Morgan fingerprint density at radius 1 is 1.37 bits per heavy atom. The highest BCUT2D eigenvalue weighted by atomic mass is 16.5. The van der Waals surface area contributed by atoms with Gasteiger partial charge in [0.2, 0.25) is 0 Å². The molecule has 0 heterocycles. The number of carbonyl (C=O) groups is 1. The van der Waals surface area contributed by atoms with Crippen LogP contribution in [0.2, 0.25) is 0 Å². The number of methoxy groups -OCH3 is 1. The van der Waals surface area contributed by atoms with E-state index in [1.807, 2.05) is 6.92 Å². The molecule has 102 valence electrons. The molecule has 0 saturated heterocycles. The number of carbonyl (C=O) groups excluding carboxylic acids is 1. The van der Waals surface area contributed by atoms with Crippen LogP contribution in [0.1, 0.15) is 36.5 Å². The minimum absolute atomic E-state index is 0.252. The molecule has 0 saturated carbocycles. The molecule has 0 amide bonds. The van der Waals surface area contributed by atoms with Crippen LogP contribution in [0, 0.1) is 0 Å². The van der Waals surface area contributed by atoms with Crippen LogP contribution in [0.4, 0.5) is 0 Å². The molecule has 1 aliphatic carbocycles. The van der Waals surface area contributed by atoms with Gasteiger partial charge >= 0.3 is 5.97 Å². The molecule has 1 aromatic rings. The van der Waals surface area contributed by atoms with Crippen LogP contribution < -0.4 is 0 Å². The largest absolute Gasteiger partial charge is 0.463 e. The van der Waals surface area contributed by atoms with E-state index in [0.717, 1.165) is 30.4 Å². The summed E-state index contributed by atoms with van der Waals surface area (Å²) in [6.07, 6.45) is 4.70. The molecule has 0 spiro atoms. The van der Waals surface area contributed by atoms with Crippen LogP contribution >= 0.6 is 0 Å². The Hall–Kier alpha value is -1.61. The fraction of sp³-hybridized carbons (Fsp3) is 0.438. The molecule has 1 aromatic carbocycles. The van der Waals surface area contributed by atoms with Crippen LogP contribution in [-0.4, -0.2) is 19.7 Å². The van der Waals surface area contributed by atoms with E-state index < -0.39 is 0 Å². The van der Waals surface area contributed by atoms with Crippen molar-refractivity contribution in [3.05, 3.63) is 41.0 Å². The molecule has 1 aliphatic rings. The SMILES string of the molecule is CCOC(=O)/C=C1\CCCc2cccc(COC)c21. The zero-order chi connectivity index (χ0) is 13.7. The average molecular weight is 260 g/mol. The van der Waals surface area contributed by atoms with E-state index in [1.165, 1.54) is 11.1 Å². The second-order valence-electron chi connectivity index (χ2n) is 4.66. The van der Waals surface area contributed by atoms with Crippen LogP contribution in [0.25, 0.3) is 5.57 Å². The summed E-state index contributed by atoms with van der Waals surface area (Å²) in [5, 5.41) is 0. The number of ether oxygens (including phenoxy) is 2. The van der Waals surface area contributed by atoms with Gasteiger partial charge in [-0.25, -0.2) is 4.79 Å². The van der Waals surface area contributed by atoms with E-state index in [0.29, 0.717) is 13.2 Å². The lowest BCUT2D eigenvalue weighted by Gasteiger charge is -2.22. The van der Waals surface area contributed by atoms with Gasteiger partial charge in [0.15, 0.2) is 0 Å². The second kappa shape index (κ2) is 6.53. The first-order valence-electron chi connectivity index (χ1n) is 6.73. The van der Waals surface area contributed by atoms with E-state index in [9.17, 15) is 4.79 Å². The van der Waals surface area contributed by atoms with Gasteiger partial charge in [-0.3, -0.25) is 0 Å². The molecule has 0 atom stereocenters. The third kappa shape index (κ3) is 3.24. The first-order valence-corrected chi connectivity index (χ1v) is 6.73. The first kappa shape index (κ1) is 13.8. The Bertz CT molecular complexity index is 489. The Morgan fingerprint density at radius 3 is 2.95 bits per heavy atom. The van der Waals surface area contributed by atoms with Crippen molar-refractivity contribution in [2.75, 3.05) is 13.7 Å². The summed E-state index contributed by atoms with van der Waals surface area (Å²) >= 11 is 0. The maximum atomic E-state index is 11.7. The summed E-state index contributed by atoms with van der Waals surface area (Å²) in [4.78, 5) is 11.7. The van der Waals surface area contributed by atoms with E-state index in [4.69, 9.17) is 9.47 Å². The number of fused-ring (bicyclic) bond motifs is 1. The Kier molecular flexibility index (Phi) is 4.74. The Labute approximate surface area is 114 Å². The number of benzene rings is 1. The van der Waals surface area contributed by atoms with Gasteiger partial charge in [0.1, 0.15) is 0 Å². The van der Waals surface area contributed by atoms with Gasteiger partial charge in [0, 0.05) is 13.2 Å². The number of allylic oxidation sites excluding steroid dienone is 1. The summed E-state index contributed by atoms with van der Waals surface area (Å²) in [6.45, 7) is 2.81. The van der Waals surface area contributed by atoms with Gasteiger partial charge in [-0.2, -0.15) is 0 Å². The number of hydrogen-bond acceptors (Lipinski definition) is 3. The fourth-order valence-corrected chi connectivity index (χ4v) is 2.61. The maximum absolute atomic E-state index is 11.7. The van der Waals surface area contributed by atoms with Gasteiger partial charge in [0.25, 0.3) is 0 Å². The maximum Gasteiger partial charge on any atom is 0.331 e. The number of esters is 1. The van der Waals surface area contributed by atoms with E-state index in [1.54, 1.807) is 13.2 Å². The summed E-state index contributed by atoms with van der Waals surface area (Å²) in [5.41, 5.74) is 4.71. The summed E-state index contributed by atoms with van der Waals surface area (Å²) in [7, 11) is 1.69. The average Bonchev–Trinajstić information content (AvgIpc) is 2.40. The summed E-state index contributed by atoms with van der Waals surface area (Å²) in [5.74, 6) is -0.252. The number of rotatable bonds is 4. The summed E-state index contributed by atoms with van der Waals surface area (Å²) < 4.78 is 10.3. The molecule has 3 nitrogen and oxygen atoms in total. The normalized spacial score (nSPS) is 16.2. The van der Waals surface area contributed by atoms with E-state index in [2.05, 4.69) is 18.2 Å². The first-order chi connectivity index (χ1) is 9.26. The van der Waals surface area contributed by atoms with Crippen molar-refractivity contribution in [3.63, 3.8) is 0 Å². The van der Waals surface area contributed by atoms with Gasteiger partial charge in [0.05, 0.1) is 13.2 Å². The molecular formula is C16H20O3. The van der Waals surface area contributed by atoms with Crippen LogP contribution in [0.15, 0.2) is 24.3 Å². The van der Waals surface area contributed by atoms with Crippen LogP contribution in [0.5, 0.6) is 0 Å². The minimum atomic E-state index is -0.252. The number of aryl methyl sites for hydroxylation is 1. The van der Waals surface area contributed by atoms with E-state index >= 15 is 0 Å². The highest BCUT2D eigenvalue weighted by molar-refractivity contribution is 5.92. The van der Waals surface area contributed by atoms with Crippen molar-refractivity contribution in [1.29, 1.82) is 0 Å². The topological polar surface area (TPSA) is 35.5 Å². The van der Waals surface area contributed by atoms with Crippen LogP contribution in [0.3, 0.4) is 0 Å². The third-order valence-electron chi connectivity index (χ3n) is 3.33. The predicted octanol–water partition coefficient (Wildman–Crippen LogP) is 3.12. The summed E-state index contributed by atoms with van der Waals surface area (Å²) in [6, 6.07) is 6.25. The van der Waals surface area contributed by atoms with Crippen LogP contribution in [-0.2, 0) is 27.3 Å². The monoisotopic (exact) mass is 260 g/mol. The predicted molar refractivity (Wildman–Crippen MR) is 74.7 cm³/mol. The lowest BCUT2D eigenvalue weighted by molar-refractivity contribution is -0.137. The second-order valence-corrected chi connectivity index (χ2v) is 4.66. The zero-order valence-corrected chi connectivity index (χ0v) is 11.6. The fourth-order valence-electron chi connectivity index (χ4n) is 2.61. The molecule has 0 N–H and O–H groups in total. The molecule has 3 heteroatoms. The van der Waals surface area contributed by atoms with Crippen molar-refractivity contribution >= 4 is 11.5 Å². The highest BCUT2D eigenvalue weighted by Gasteiger charge is 2.18. The molecule has 0 fully saturated rings. The molecule has 0 unspecified atom stereocenters.